The van der Waals surface area contributed by atoms with Gasteiger partial charge in [0.15, 0.2) is 29.3 Å². The topological polar surface area (TPSA) is 310 Å². The lowest BCUT2D eigenvalue weighted by molar-refractivity contribution is -0.352. The van der Waals surface area contributed by atoms with E-state index in [2.05, 4.69) is 0 Å². The third kappa shape index (κ3) is 5.79. The highest BCUT2D eigenvalue weighted by Gasteiger charge is 2.51. The van der Waals surface area contributed by atoms with Gasteiger partial charge in [-0.3, -0.25) is 4.79 Å². The van der Waals surface area contributed by atoms with E-state index in [0.717, 1.165) is 24.3 Å². The van der Waals surface area contributed by atoms with Crippen LogP contribution in [0.4, 0.5) is 0 Å². The Morgan fingerprint density at radius 2 is 1.29 bits per heavy atom. The van der Waals surface area contributed by atoms with Crippen LogP contribution in [-0.4, -0.2) is 136 Å². The molecule has 45 heavy (non-hydrogen) atoms. The fourth-order valence-electron chi connectivity index (χ4n) is 5.07. The zero-order chi connectivity index (χ0) is 32.9. The largest absolute Gasteiger partial charge is 0.508 e. The molecule has 0 bridgehead atoms. The fraction of sp³-hybridized carbons (Fsp3) is 0.444. The summed E-state index contributed by atoms with van der Waals surface area (Å²) in [7, 11) is 0. The third-order valence-corrected chi connectivity index (χ3v) is 7.44. The van der Waals surface area contributed by atoms with Crippen molar-refractivity contribution >= 4 is 11.0 Å². The zero-order valence-electron chi connectivity index (χ0n) is 22.8. The number of fused-ring (bicyclic) bond motifs is 1. The van der Waals surface area contributed by atoms with Crippen molar-refractivity contribution in [2.45, 2.75) is 61.4 Å². The van der Waals surface area contributed by atoms with Crippen LogP contribution in [-0.2, 0) is 14.2 Å². The number of hydrogen-bond acceptors (Lipinski definition) is 18. The van der Waals surface area contributed by atoms with Crippen LogP contribution in [0.5, 0.6) is 34.5 Å². The molecule has 0 aliphatic carbocycles. The summed E-state index contributed by atoms with van der Waals surface area (Å²) < 4.78 is 27.6. The van der Waals surface area contributed by atoms with Crippen LogP contribution in [0, 0.1) is 0 Å². The highest BCUT2D eigenvalue weighted by atomic mass is 16.7. The van der Waals surface area contributed by atoms with Crippen LogP contribution in [0.15, 0.2) is 33.5 Å². The second kappa shape index (κ2) is 12.4. The van der Waals surface area contributed by atoms with E-state index in [1.54, 1.807) is 0 Å². The van der Waals surface area contributed by atoms with Crippen molar-refractivity contribution < 1.29 is 84.6 Å². The van der Waals surface area contributed by atoms with Crippen molar-refractivity contribution in [2.75, 3.05) is 13.2 Å². The molecule has 0 amide bonds. The molecule has 12 N–H and O–H groups in total. The molecule has 2 saturated heterocycles. The van der Waals surface area contributed by atoms with Crippen molar-refractivity contribution in [3.63, 3.8) is 0 Å². The molecule has 3 heterocycles. The molecule has 1 aromatic heterocycles. The Morgan fingerprint density at radius 3 is 1.91 bits per heavy atom. The Morgan fingerprint density at radius 1 is 0.689 bits per heavy atom. The quantitative estimate of drug-likeness (QED) is 0.114. The Labute approximate surface area is 250 Å². The second-order valence-electron chi connectivity index (χ2n) is 10.4. The minimum Gasteiger partial charge on any atom is -0.508 e. The average molecular weight is 643 g/mol. The minimum atomic E-state index is -2.10. The van der Waals surface area contributed by atoms with Gasteiger partial charge in [-0.15, -0.1) is 0 Å². The van der Waals surface area contributed by atoms with E-state index >= 15 is 0 Å². The lowest BCUT2D eigenvalue weighted by Crippen LogP contribution is -2.65. The molecular formula is C27H30O18. The number of phenols is 5. The van der Waals surface area contributed by atoms with Gasteiger partial charge in [-0.2, -0.15) is 0 Å². The maximum absolute atomic E-state index is 13.6. The fourth-order valence-corrected chi connectivity index (χ4v) is 5.07. The van der Waals surface area contributed by atoms with Gasteiger partial charge >= 0.3 is 0 Å². The summed E-state index contributed by atoms with van der Waals surface area (Å²) in [6, 6.07) is 3.51. The summed E-state index contributed by atoms with van der Waals surface area (Å²) in [5.74, 6) is -5.28. The molecule has 0 unspecified atom stereocenters. The molecule has 5 rings (SSSR count). The van der Waals surface area contributed by atoms with Crippen molar-refractivity contribution in [3.8, 4) is 45.8 Å². The SMILES string of the molecule is O=c1c(O[C@@H]2O[C@H](CO)[C@H](O[C@@H]3O[C@H](CO)[C@@H](O)[C@H](O)[C@H]3O)[C@H](O)[C@H]2O)c(-c2cc(O)c(O)c(O)c2)oc2cc(O)cc(O)c12. The number of ether oxygens (including phenoxy) is 4. The van der Waals surface area contributed by atoms with Gasteiger partial charge in [-0.1, -0.05) is 0 Å². The predicted octanol–water partition coefficient (Wildman–Crippen LogP) is -3.01. The van der Waals surface area contributed by atoms with Gasteiger partial charge in [-0.05, 0) is 12.1 Å². The lowest BCUT2D eigenvalue weighted by Gasteiger charge is -2.45. The van der Waals surface area contributed by atoms with Crippen LogP contribution in [0.2, 0.25) is 0 Å². The second-order valence-corrected chi connectivity index (χ2v) is 10.4. The Hall–Kier alpha value is -3.95. The van der Waals surface area contributed by atoms with Crippen LogP contribution in [0.25, 0.3) is 22.3 Å². The summed E-state index contributed by atoms with van der Waals surface area (Å²) >= 11 is 0. The number of aliphatic hydroxyl groups excluding tert-OH is 7. The first-order valence-corrected chi connectivity index (χ1v) is 13.3. The molecular weight excluding hydrogens is 612 g/mol. The molecule has 0 spiro atoms. The average Bonchev–Trinajstić information content (AvgIpc) is 2.99. The maximum atomic E-state index is 13.6. The van der Waals surface area contributed by atoms with Gasteiger partial charge in [0.1, 0.15) is 71.3 Å². The summed E-state index contributed by atoms with van der Waals surface area (Å²) in [5, 5.41) is 121. The Bertz CT molecular complexity index is 1580. The van der Waals surface area contributed by atoms with E-state index in [-0.39, 0.29) is 5.56 Å². The van der Waals surface area contributed by atoms with E-state index < -0.39 is 131 Å². The van der Waals surface area contributed by atoms with Gasteiger partial charge in [0, 0.05) is 17.7 Å². The third-order valence-electron chi connectivity index (χ3n) is 7.44. The molecule has 2 fully saturated rings. The minimum absolute atomic E-state index is 0.284. The highest BCUT2D eigenvalue weighted by molar-refractivity contribution is 5.88. The van der Waals surface area contributed by atoms with Crippen LogP contribution < -0.4 is 10.2 Å². The van der Waals surface area contributed by atoms with Crippen LogP contribution in [0.1, 0.15) is 0 Å². The molecule has 2 aliphatic heterocycles. The smallest absolute Gasteiger partial charge is 0.239 e. The van der Waals surface area contributed by atoms with Crippen molar-refractivity contribution in [3.05, 3.63) is 34.5 Å². The molecule has 2 aromatic carbocycles. The molecule has 0 saturated carbocycles. The monoisotopic (exact) mass is 642 g/mol. The van der Waals surface area contributed by atoms with E-state index in [9.17, 15) is 66.1 Å². The molecule has 3 aromatic rings. The van der Waals surface area contributed by atoms with E-state index in [4.69, 9.17) is 23.4 Å². The lowest BCUT2D eigenvalue weighted by atomic mass is 9.97. The molecule has 18 heteroatoms. The first-order chi connectivity index (χ1) is 21.3. The molecule has 18 nitrogen and oxygen atoms in total. The van der Waals surface area contributed by atoms with Gasteiger partial charge in [-0.25, -0.2) is 0 Å². The van der Waals surface area contributed by atoms with E-state index in [0.29, 0.717) is 0 Å². The highest BCUT2D eigenvalue weighted by Crippen LogP contribution is 2.43. The van der Waals surface area contributed by atoms with Crippen LogP contribution >= 0.6 is 0 Å². The predicted molar refractivity (Wildman–Crippen MR) is 143 cm³/mol. The molecule has 10 atom stereocenters. The number of hydrogen-bond donors (Lipinski definition) is 12. The number of benzene rings is 2. The molecule has 246 valence electrons. The molecule has 2 aliphatic rings. The Balaban J connectivity index is 1.51. The van der Waals surface area contributed by atoms with Crippen molar-refractivity contribution in [2.24, 2.45) is 0 Å². The molecule has 0 radical (unpaired) electrons. The maximum Gasteiger partial charge on any atom is 0.239 e. The number of rotatable bonds is 7. The van der Waals surface area contributed by atoms with E-state index in [1.165, 1.54) is 0 Å². The standard InChI is InChI=1S/C27H30O18/c28-5-13-17(35)19(37)21(39)26(42-13)44-24-14(6-29)43-27(22(40)20(24)38)45-25-18(36)15-9(31)3-8(30)4-12(15)41-23(25)7-1-10(32)16(34)11(33)2-7/h1-4,13-14,17,19-22,24,26-35,37-40H,5-6H2/t13-,14-,17-,19+,20-,21-,22-,24+,26+,27+/m1/s1. The normalized spacial score (nSPS) is 32.1. The van der Waals surface area contributed by atoms with Crippen molar-refractivity contribution in [1.82, 2.24) is 0 Å². The van der Waals surface area contributed by atoms with Crippen LogP contribution in [0.3, 0.4) is 0 Å². The van der Waals surface area contributed by atoms with Gasteiger partial charge < -0.3 is 84.6 Å². The number of aliphatic hydroxyl groups is 7. The number of phenolic OH excluding ortho intramolecular Hbond substituents is 5. The summed E-state index contributed by atoms with van der Waals surface area (Å²) in [5.41, 5.74) is -1.80. The van der Waals surface area contributed by atoms with E-state index in [1.807, 2.05) is 0 Å². The first kappa shape index (κ1) is 32.4. The van der Waals surface area contributed by atoms with Gasteiger partial charge in [0.05, 0.1) is 13.2 Å². The van der Waals surface area contributed by atoms with Gasteiger partial charge in [0.25, 0.3) is 0 Å². The summed E-state index contributed by atoms with van der Waals surface area (Å²) in [6.07, 6.45) is -18.0. The Kier molecular flexibility index (Phi) is 8.97. The van der Waals surface area contributed by atoms with Gasteiger partial charge in [0.2, 0.25) is 17.5 Å². The first-order valence-electron chi connectivity index (χ1n) is 13.3. The summed E-state index contributed by atoms with van der Waals surface area (Å²) in [6.45, 7) is -1.72. The number of aromatic hydroxyl groups is 5. The summed E-state index contributed by atoms with van der Waals surface area (Å²) in [4.78, 5) is 13.6. The zero-order valence-corrected chi connectivity index (χ0v) is 22.8. The van der Waals surface area contributed by atoms with Crippen molar-refractivity contribution in [1.29, 1.82) is 0 Å².